The maximum atomic E-state index is 12.8. The molecule has 150 valence electrons. The van der Waals surface area contributed by atoms with Gasteiger partial charge in [0.25, 0.3) is 5.91 Å². The van der Waals surface area contributed by atoms with Crippen LogP contribution >= 0.6 is 0 Å². The molecule has 1 saturated heterocycles. The summed E-state index contributed by atoms with van der Waals surface area (Å²) >= 11 is 0. The van der Waals surface area contributed by atoms with E-state index < -0.39 is 18.6 Å². The molecule has 1 fully saturated rings. The van der Waals surface area contributed by atoms with E-state index in [1.165, 1.54) is 23.1 Å². The predicted octanol–water partition coefficient (Wildman–Crippen LogP) is 2.82. The number of rotatable bonds is 9. The van der Waals surface area contributed by atoms with Crippen molar-refractivity contribution in [2.24, 2.45) is 0 Å². The SMILES string of the molecule is CC(C)OCCCNC(=O)C1CCCN1C(=O)c1ccccc1OC(F)F. The topological polar surface area (TPSA) is 67.9 Å². The quantitative estimate of drug-likeness (QED) is 0.665. The molecular formula is C19H26F2N2O4. The number of nitrogens with zero attached hydrogens (tertiary/aromatic N) is 1. The van der Waals surface area contributed by atoms with Crippen molar-refractivity contribution in [2.75, 3.05) is 19.7 Å². The lowest BCUT2D eigenvalue weighted by Gasteiger charge is -2.25. The van der Waals surface area contributed by atoms with Crippen LogP contribution in [0, 0.1) is 0 Å². The molecular weight excluding hydrogens is 358 g/mol. The first-order valence-corrected chi connectivity index (χ1v) is 9.14. The number of amides is 2. The van der Waals surface area contributed by atoms with Crippen LogP contribution in [0.1, 0.15) is 43.5 Å². The Morgan fingerprint density at radius 1 is 1.30 bits per heavy atom. The van der Waals surface area contributed by atoms with Crippen LogP contribution in [0.3, 0.4) is 0 Å². The van der Waals surface area contributed by atoms with E-state index in [1.807, 2.05) is 13.8 Å². The van der Waals surface area contributed by atoms with Crippen LogP contribution in [-0.2, 0) is 9.53 Å². The number of halogens is 2. The molecule has 1 heterocycles. The molecule has 0 aromatic heterocycles. The fourth-order valence-electron chi connectivity index (χ4n) is 3.00. The van der Waals surface area contributed by atoms with Crippen LogP contribution in [0.4, 0.5) is 8.78 Å². The largest absolute Gasteiger partial charge is 0.434 e. The lowest BCUT2D eigenvalue weighted by atomic mass is 10.1. The van der Waals surface area contributed by atoms with Gasteiger partial charge in [-0.3, -0.25) is 9.59 Å². The second kappa shape index (κ2) is 10.2. The van der Waals surface area contributed by atoms with Gasteiger partial charge in [0.2, 0.25) is 5.91 Å². The van der Waals surface area contributed by atoms with E-state index in [2.05, 4.69) is 10.1 Å². The lowest BCUT2D eigenvalue weighted by molar-refractivity contribution is -0.124. The van der Waals surface area contributed by atoms with E-state index in [0.29, 0.717) is 39.0 Å². The first kappa shape index (κ1) is 21.1. The summed E-state index contributed by atoms with van der Waals surface area (Å²) < 4.78 is 35.0. The van der Waals surface area contributed by atoms with Crippen LogP contribution in [-0.4, -0.2) is 55.2 Å². The first-order valence-electron chi connectivity index (χ1n) is 9.14. The molecule has 6 nitrogen and oxygen atoms in total. The summed E-state index contributed by atoms with van der Waals surface area (Å²) in [4.78, 5) is 26.7. The smallest absolute Gasteiger partial charge is 0.387 e. The van der Waals surface area contributed by atoms with Gasteiger partial charge in [-0.2, -0.15) is 8.78 Å². The first-order chi connectivity index (χ1) is 12.9. The summed E-state index contributed by atoms with van der Waals surface area (Å²) in [7, 11) is 0. The minimum atomic E-state index is -3.02. The van der Waals surface area contributed by atoms with Crippen molar-refractivity contribution in [3.63, 3.8) is 0 Å². The number of carbonyl (C=O) groups is 2. The van der Waals surface area contributed by atoms with Gasteiger partial charge in [-0.1, -0.05) is 12.1 Å². The molecule has 1 aliphatic rings. The molecule has 0 radical (unpaired) electrons. The highest BCUT2D eigenvalue weighted by Crippen LogP contribution is 2.26. The van der Waals surface area contributed by atoms with Gasteiger partial charge in [0.1, 0.15) is 11.8 Å². The number of benzene rings is 1. The Hall–Kier alpha value is -2.22. The number of alkyl halides is 2. The molecule has 27 heavy (non-hydrogen) atoms. The van der Waals surface area contributed by atoms with E-state index in [0.717, 1.165) is 0 Å². The molecule has 2 amide bonds. The van der Waals surface area contributed by atoms with Crippen molar-refractivity contribution in [1.29, 1.82) is 0 Å². The van der Waals surface area contributed by atoms with Crippen LogP contribution in [0.25, 0.3) is 0 Å². The number of nitrogens with one attached hydrogen (secondary N) is 1. The summed E-state index contributed by atoms with van der Waals surface area (Å²) in [5.74, 6) is -0.904. The van der Waals surface area contributed by atoms with Gasteiger partial charge in [0.15, 0.2) is 0 Å². The summed E-state index contributed by atoms with van der Waals surface area (Å²) in [6.45, 7) is 2.26. The summed E-state index contributed by atoms with van der Waals surface area (Å²) in [6.07, 6.45) is 2.03. The third-order valence-electron chi connectivity index (χ3n) is 4.22. The number of para-hydroxylation sites is 1. The second-order valence-corrected chi connectivity index (χ2v) is 6.60. The molecule has 1 atom stereocenters. The molecule has 1 aliphatic heterocycles. The van der Waals surface area contributed by atoms with E-state index in [4.69, 9.17) is 4.74 Å². The molecule has 0 bridgehead atoms. The van der Waals surface area contributed by atoms with Crippen molar-refractivity contribution in [1.82, 2.24) is 10.2 Å². The molecule has 0 spiro atoms. The minimum absolute atomic E-state index is 0.0304. The normalized spacial score (nSPS) is 16.8. The molecule has 1 aromatic rings. The highest BCUT2D eigenvalue weighted by atomic mass is 19.3. The highest BCUT2D eigenvalue weighted by molar-refractivity contribution is 6.00. The highest BCUT2D eigenvalue weighted by Gasteiger charge is 2.35. The number of likely N-dealkylation sites (tertiary alicyclic amines) is 1. The van der Waals surface area contributed by atoms with E-state index >= 15 is 0 Å². The van der Waals surface area contributed by atoms with Crippen molar-refractivity contribution < 1.29 is 27.8 Å². The van der Waals surface area contributed by atoms with Gasteiger partial charge in [-0.05, 0) is 45.2 Å². The zero-order valence-corrected chi connectivity index (χ0v) is 15.6. The monoisotopic (exact) mass is 384 g/mol. The standard InChI is InChI=1S/C19H26F2N2O4/c1-13(2)26-12-6-10-22-17(24)15-8-5-11-23(15)18(25)14-7-3-4-9-16(14)27-19(20)21/h3-4,7,9,13,15,19H,5-6,8,10-12H2,1-2H3,(H,22,24). The summed E-state index contributed by atoms with van der Waals surface area (Å²) in [6, 6.07) is 5.23. The number of hydrogen-bond donors (Lipinski definition) is 1. The van der Waals surface area contributed by atoms with Gasteiger partial charge in [0, 0.05) is 19.7 Å². The maximum Gasteiger partial charge on any atom is 0.387 e. The van der Waals surface area contributed by atoms with Crippen molar-refractivity contribution in [3.8, 4) is 5.75 Å². The Kier molecular flexibility index (Phi) is 7.97. The molecule has 1 unspecified atom stereocenters. The molecule has 1 N–H and O–H groups in total. The predicted molar refractivity (Wildman–Crippen MR) is 95.8 cm³/mol. The van der Waals surface area contributed by atoms with Gasteiger partial charge in [0.05, 0.1) is 11.7 Å². The Bertz CT molecular complexity index is 640. The summed E-state index contributed by atoms with van der Waals surface area (Å²) in [5.41, 5.74) is 0.0304. The van der Waals surface area contributed by atoms with Crippen LogP contribution in [0.2, 0.25) is 0 Å². The van der Waals surface area contributed by atoms with Crippen LogP contribution < -0.4 is 10.1 Å². The Labute approximate surface area is 157 Å². The van der Waals surface area contributed by atoms with E-state index in [1.54, 1.807) is 6.07 Å². The number of carbonyl (C=O) groups excluding carboxylic acids is 2. The third kappa shape index (κ3) is 6.16. The number of ether oxygens (including phenoxy) is 2. The average Bonchev–Trinajstić information content (AvgIpc) is 3.10. The lowest BCUT2D eigenvalue weighted by Crippen LogP contribution is -2.46. The fourth-order valence-corrected chi connectivity index (χ4v) is 3.00. The average molecular weight is 384 g/mol. The van der Waals surface area contributed by atoms with Crippen molar-refractivity contribution in [3.05, 3.63) is 29.8 Å². The zero-order valence-electron chi connectivity index (χ0n) is 15.6. The van der Waals surface area contributed by atoms with Gasteiger partial charge in [-0.15, -0.1) is 0 Å². The maximum absolute atomic E-state index is 12.8. The minimum Gasteiger partial charge on any atom is -0.434 e. The van der Waals surface area contributed by atoms with Gasteiger partial charge < -0.3 is 19.7 Å². The Morgan fingerprint density at radius 2 is 2.04 bits per heavy atom. The van der Waals surface area contributed by atoms with Gasteiger partial charge >= 0.3 is 6.61 Å². The van der Waals surface area contributed by atoms with E-state index in [-0.39, 0.29) is 23.3 Å². The van der Waals surface area contributed by atoms with Crippen LogP contribution in [0.15, 0.2) is 24.3 Å². The third-order valence-corrected chi connectivity index (χ3v) is 4.22. The summed E-state index contributed by atoms with van der Waals surface area (Å²) in [5, 5.41) is 2.82. The van der Waals surface area contributed by atoms with Crippen LogP contribution in [0.5, 0.6) is 5.75 Å². The molecule has 2 rings (SSSR count). The van der Waals surface area contributed by atoms with E-state index in [9.17, 15) is 18.4 Å². The number of hydrogen-bond acceptors (Lipinski definition) is 4. The zero-order chi connectivity index (χ0) is 19.8. The Balaban J connectivity index is 1.97. The molecule has 0 aliphatic carbocycles. The molecule has 0 saturated carbocycles. The fraction of sp³-hybridized carbons (Fsp3) is 0.579. The second-order valence-electron chi connectivity index (χ2n) is 6.60. The van der Waals surface area contributed by atoms with Crippen molar-refractivity contribution in [2.45, 2.75) is 51.9 Å². The van der Waals surface area contributed by atoms with Crippen molar-refractivity contribution >= 4 is 11.8 Å². The van der Waals surface area contributed by atoms with Gasteiger partial charge in [-0.25, -0.2) is 0 Å². The Morgan fingerprint density at radius 3 is 2.74 bits per heavy atom. The molecule has 8 heteroatoms. The molecule has 1 aromatic carbocycles.